The Kier molecular flexibility index (Phi) is 7.45. The van der Waals surface area contributed by atoms with E-state index in [1.807, 2.05) is 0 Å². The molecule has 9 heteroatoms. The summed E-state index contributed by atoms with van der Waals surface area (Å²) in [6, 6.07) is 12.6. The van der Waals surface area contributed by atoms with E-state index in [1.165, 1.54) is 24.4 Å². The number of rotatable bonds is 8. The highest BCUT2D eigenvalue weighted by atomic mass is 35.5. The molecule has 0 aliphatic carbocycles. The minimum Gasteiger partial charge on any atom is -0.352 e. The van der Waals surface area contributed by atoms with Crippen LogP contribution < -0.4 is 10.7 Å². The van der Waals surface area contributed by atoms with Gasteiger partial charge in [0.15, 0.2) is 0 Å². The quantitative estimate of drug-likeness (QED) is 0.313. The minimum absolute atomic E-state index is 0.0560. The highest BCUT2D eigenvalue weighted by Gasteiger charge is 2.09. The van der Waals surface area contributed by atoms with Gasteiger partial charge in [0.25, 0.3) is 11.6 Å². The zero-order chi connectivity index (χ0) is 19.6. The molecule has 140 valence electrons. The lowest BCUT2D eigenvalue weighted by atomic mass is 10.2. The Labute approximate surface area is 160 Å². The highest BCUT2D eigenvalue weighted by Crippen LogP contribution is 2.14. The number of hydrazone groups is 1. The largest absolute Gasteiger partial charge is 0.352 e. The normalized spacial score (nSPS) is 10.6. The number of nitro groups is 1. The van der Waals surface area contributed by atoms with Gasteiger partial charge in [-0.2, -0.15) is 5.10 Å². The summed E-state index contributed by atoms with van der Waals surface area (Å²) in [5.74, 6) is -0.631. The Bertz CT molecular complexity index is 870. The number of nitrogens with one attached hydrogen (secondary N) is 2. The number of amides is 2. The number of nitro benzene ring substituents is 1. The molecule has 2 rings (SSSR count). The Morgan fingerprint density at radius 2 is 1.96 bits per heavy atom. The van der Waals surface area contributed by atoms with Crippen molar-refractivity contribution in [3.8, 4) is 0 Å². The lowest BCUT2D eigenvalue weighted by Gasteiger charge is -2.06. The topological polar surface area (TPSA) is 114 Å². The van der Waals surface area contributed by atoms with Gasteiger partial charge in [0, 0.05) is 30.7 Å². The van der Waals surface area contributed by atoms with Gasteiger partial charge in [0.2, 0.25) is 5.91 Å². The summed E-state index contributed by atoms with van der Waals surface area (Å²) >= 11 is 5.94. The summed E-state index contributed by atoms with van der Waals surface area (Å²) in [6.07, 6.45) is 1.91. The van der Waals surface area contributed by atoms with Gasteiger partial charge >= 0.3 is 0 Å². The average Bonchev–Trinajstić information content (AvgIpc) is 2.65. The molecule has 0 aliphatic heterocycles. The van der Waals surface area contributed by atoms with Crippen LogP contribution >= 0.6 is 11.6 Å². The Hall–Kier alpha value is -3.26. The van der Waals surface area contributed by atoms with Gasteiger partial charge in [-0.05, 0) is 18.6 Å². The first-order chi connectivity index (χ1) is 13.0. The van der Waals surface area contributed by atoms with Crippen molar-refractivity contribution in [2.45, 2.75) is 12.8 Å². The molecule has 0 fully saturated rings. The van der Waals surface area contributed by atoms with Crippen LogP contribution in [-0.2, 0) is 4.79 Å². The standard InChI is InChI=1S/C18H17ClN4O4/c19-16-8-2-1-7-15(16)18(25)20-10-4-9-17(24)22-21-12-13-5-3-6-14(11-13)23(26)27/h1-3,5-8,11-12H,4,9-10H2,(H,20,25)(H,22,24). The van der Waals surface area contributed by atoms with E-state index in [1.54, 1.807) is 30.3 Å². The number of hydrogen-bond acceptors (Lipinski definition) is 5. The Morgan fingerprint density at radius 3 is 2.70 bits per heavy atom. The van der Waals surface area contributed by atoms with Crippen LogP contribution in [0, 0.1) is 10.1 Å². The second-order valence-electron chi connectivity index (χ2n) is 5.48. The smallest absolute Gasteiger partial charge is 0.270 e. The monoisotopic (exact) mass is 388 g/mol. The number of carbonyl (C=O) groups excluding carboxylic acids is 2. The average molecular weight is 389 g/mol. The van der Waals surface area contributed by atoms with Crippen molar-refractivity contribution >= 4 is 35.3 Å². The van der Waals surface area contributed by atoms with Crippen molar-refractivity contribution in [3.05, 3.63) is 74.8 Å². The van der Waals surface area contributed by atoms with Crippen LogP contribution in [0.1, 0.15) is 28.8 Å². The number of halogens is 1. The molecular weight excluding hydrogens is 372 g/mol. The maximum atomic E-state index is 11.9. The van der Waals surface area contributed by atoms with Crippen molar-refractivity contribution in [1.82, 2.24) is 10.7 Å². The fourth-order valence-electron chi connectivity index (χ4n) is 2.14. The first kappa shape index (κ1) is 20.1. The first-order valence-electron chi connectivity index (χ1n) is 8.06. The summed E-state index contributed by atoms with van der Waals surface area (Å²) in [6.45, 7) is 0.312. The molecule has 2 aromatic rings. The van der Waals surface area contributed by atoms with Crippen LogP contribution in [0.25, 0.3) is 0 Å². The molecule has 0 radical (unpaired) electrons. The van der Waals surface area contributed by atoms with Crippen LogP contribution in [0.4, 0.5) is 5.69 Å². The third-order valence-electron chi connectivity index (χ3n) is 3.47. The van der Waals surface area contributed by atoms with Crippen LogP contribution in [0.3, 0.4) is 0 Å². The predicted octanol–water partition coefficient (Wildman–Crippen LogP) is 2.91. The molecule has 0 spiro atoms. The summed E-state index contributed by atoms with van der Waals surface area (Å²) in [4.78, 5) is 33.8. The number of hydrogen-bond donors (Lipinski definition) is 2. The van der Waals surface area contributed by atoms with E-state index in [2.05, 4.69) is 15.8 Å². The molecule has 0 bridgehead atoms. The van der Waals surface area contributed by atoms with Crippen molar-refractivity contribution in [3.63, 3.8) is 0 Å². The fraction of sp³-hybridized carbons (Fsp3) is 0.167. The zero-order valence-electron chi connectivity index (χ0n) is 14.2. The maximum Gasteiger partial charge on any atom is 0.270 e. The molecular formula is C18H17ClN4O4. The van der Waals surface area contributed by atoms with Gasteiger partial charge in [0.1, 0.15) is 0 Å². The van der Waals surface area contributed by atoms with Crippen molar-refractivity contribution in [2.75, 3.05) is 6.54 Å². The van der Waals surface area contributed by atoms with E-state index >= 15 is 0 Å². The van der Waals surface area contributed by atoms with Crippen molar-refractivity contribution < 1.29 is 14.5 Å². The van der Waals surface area contributed by atoms with Crippen molar-refractivity contribution in [1.29, 1.82) is 0 Å². The summed E-state index contributed by atoms with van der Waals surface area (Å²) < 4.78 is 0. The van der Waals surface area contributed by atoms with Crippen LogP contribution in [0.5, 0.6) is 0 Å². The van der Waals surface area contributed by atoms with E-state index < -0.39 is 4.92 Å². The van der Waals surface area contributed by atoms with E-state index in [9.17, 15) is 19.7 Å². The molecule has 27 heavy (non-hydrogen) atoms. The van der Waals surface area contributed by atoms with Gasteiger partial charge in [-0.3, -0.25) is 19.7 Å². The molecule has 8 nitrogen and oxygen atoms in total. The Morgan fingerprint density at radius 1 is 1.19 bits per heavy atom. The molecule has 0 aliphatic rings. The number of non-ortho nitro benzene ring substituents is 1. The molecule has 2 amide bonds. The fourth-order valence-corrected chi connectivity index (χ4v) is 2.37. The number of nitrogens with zero attached hydrogens (tertiary/aromatic N) is 2. The van der Waals surface area contributed by atoms with Gasteiger partial charge in [-0.1, -0.05) is 35.9 Å². The van der Waals surface area contributed by atoms with Crippen LogP contribution in [0.2, 0.25) is 5.02 Å². The maximum absolute atomic E-state index is 11.9. The second kappa shape index (κ2) is 10.0. The predicted molar refractivity (Wildman–Crippen MR) is 102 cm³/mol. The second-order valence-corrected chi connectivity index (χ2v) is 5.89. The SMILES string of the molecule is O=C(CCCNC(=O)c1ccccc1Cl)NN=Cc1cccc([N+](=O)[O-])c1. The van der Waals surface area contributed by atoms with Gasteiger partial charge < -0.3 is 5.32 Å². The zero-order valence-corrected chi connectivity index (χ0v) is 15.0. The molecule has 0 unspecified atom stereocenters. The lowest BCUT2D eigenvalue weighted by molar-refractivity contribution is -0.384. The third-order valence-corrected chi connectivity index (χ3v) is 3.80. The molecule has 0 saturated carbocycles. The summed E-state index contributed by atoms with van der Waals surface area (Å²) in [5.41, 5.74) is 3.16. The van der Waals surface area contributed by atoms with E-state index in [0.29, 0.717) is 29.1 Å². The van der Waals surface area contributed by atoms with E-state index in [4.69, 9.17) is 11.6 Å². The minimum atomic E-state index is -0.507. The molecule has 0 atom stereocenters. The highest BCUT2D eigenvalue weighted by molar-refractivity contribution is 6.33. The number of benzene rings is 2. The van der Waals surface area contributed by atoms with Crippen LogP contribution in [0.15, 0.2) is 53.6 Å². The van der Waals surface area contributed by atoms with Gasteiger partial charge in [-0.25, -0.2) is 5.43 Å². The molecule has 0 aromatic heterocycles. The van der Waals surface area contributed by atoms with Gasteiger partial charge in [-0.15, -0.1) is 0 Å². The van der Waals surface area contributed by atoms with E-state index in [0.717, 1.165) is 0 Å². The summed E-state index contributed by atoms with van der Waals surface area (Å²) in [7, 11) is 0. The molecule has 0 saturated heterocycles. The third kappa shape index (κ3) is 6.52. The van der Waals surface area contributed by atoms with Crippen molar-refractivity contribution in [2.24, 2.45) is 5.10 Å². The van der Waals surface area contributed by atoms with Crippen LogP contribution in [-0.4, -0.2) is 29.5 Å². The lowest BCUT2D eigenvalue weighted by Crippen LogP contribution is -2.26. The Balaban J connectivity index is 1.70. The summed E-state index contributed by atoms with van der Waals surface area (Å²) in [5, 5.41) is 17.5. The molecule has 2 N–H and O–H groups in total. The molecule has 0 heterocycles. The number of carbonyl (C=O) groups is 2. The van der Waals surface area contributed by atoms with E-state index in [-0.39, 0.29) is 23.9 Å². The molecule has 2 aromatic carbocycles. The van der Waals surface area contributed by atoms with Gasteiger partial charge in [0.05, 0.1) is 21.7 Å². The first-order valence-corrected chi connectivity index (χ1v) is 8.44.